The van der Waals surface area contributed by atoms with Crippen molar-refractivity contribution < 1.29 is 9.90 Å². The van der Waals surface area contributed by atoms with E-state index in [0.717, 1.165) is 24.5 Å². The standard InChI is InChI=1S/C13H27NO2S/c1-11(2)6-4-7-12(3)14-13(16)10-17-9-5-8-15/h11-12,15H,4-10H2,1-3H3,(H,14,16). The summed E-state index contributed by atoms with van der Waals surface area (Å²) in [5, 5.41) is 11.6. The SMILES string of the molecule is CC(C)CCCC(C)NC(=O)CSCCCO. The minimum absolute atomic E-state index is 0.116. The smallest absolute Gasteiger partial charge is 0.230 e. The fourth-order valence-corrected chi connectivity index (χ4v) is 2.30. The summed E-state index contributed by atoms with van der Waals surface area (Å²) in [6.45, 7) is 6.72. The van der Waals surface area contributed by atoms with Gasteiger partial charge in [-0.05, 0) is 31.4 Å². The summed E-state index contributed by atoms with van der Waals surface area (Å²) >= 11 is 1.58. The third kappa shape index (κ3) is 12.0. The summed E-state index contributed by atoms with van der Waals surface area (Å²) in [7, 11) is 0. The van der Waals surface area contributed by atoms with Gasteiger partial charge >= 0.3 is 0 Å². The third-order valence-electron chi connectivity index (χ3n) is 2.51. The van der Waals surface area contributed by atoms with E-state index in [-0.39, 0.29) is 18.6 Å². The molecular formula is C13H27NO2S. The highest BCUT2D eigenvalue weighted by atomic mass is 32.2. The van der Waals surface area contributed by atoms with Crippen LogP contribution < -0.4 is 5.32 Å². The highest BCUT2D eigenvalue weighted by Crippen LogP contribution is 2.08. The van der Waals surface area contributed by atoms with E-state index < -0.39 is 0 Å². The molecule has 0 aromatic heterocycles. The first-order valence-corrected chi connectivity index (χ1v) is 7.69. The molecule has 0 fully saturated rings. The Hall–Kier alpha value is -0.220. The second-order valence-electron chi connectivity index (χ2n) is 4.92. The molecule has 0 bridgehead atoms. The fourth-order valence-electron chi connectivity index (χ4n) is 1.55. The maximum absolute atomic E-state index is 11.5. The second-order valence-corrected chi connectivity index (χ2v) is 6.03. The normalized spacial score (nSPS) is 12.8. The Bertz CT molecular complexity index is 198. The molecule has 0 rings (SSSR count). The van der Waals surface area contributed by atoms with Crippen LogP contribution in [0.15, 0.2) is 0 Å². The molecule has 0 aromatic carbocycles. The van der Waals surface area contributed by atoms with Crippen molar-refractivity contribution in [3.8, 4) is 0 Å². The van der Waals surface area contributed by atoms with Crippen molar-refractivity contribution in [1.82, 2.24) is 5.32 Å². The molecule has 1 atom stereocenters. The van der Waals surface area contributed by atoms with Crippen molar-refractivity contribution in [1.29, 1.82) is 0 Å². The molecule has 0 saturated heterocycles. The van der Waals surface area contributed by atoms with E-state index in [4.69, 9.17) is 5.11 Å². The minimum Gasteiger partial charge on any atom is -0.396 e. The van der Waals surface area contributed by atoms with Crippen molar-refractivity contribution in [2.75, 3.05) is 18.1 Å². The Labute approximate surface area is 110 Å². The van der Waals surface area contributed by atoms with E-state index in [1.54, 1.807) is 11.8 Å². The maximum Gasteiger partial charge on any atom is 0.230 e. The highest BCUT2D eigenvalue weighted by Gasteiger charge is 2.07. The monoisotopic (exact) mass is 261 g/mol. The van der Waals surface area contributed by atoms with Crippen LogP contribution in [0.5, 0.6) is 0 Å². The Kier molecular flexibility index (Phi) is 10.8. The van der Waals surface area contributed by atoms with Crippen LogP contribution in [0.2, 0.25) is 0 Å². The molecule has 2 N–H and O–H groups in total. The molecule has 17 heavy (non-hydrogen) atoms. The highest BCUT2D eigenvalue weighted by molar-refractivity contribution is 7.99. The van der Waals surface area contributed by atoms with Gasteiger partial charge in [-0.25, -0.2) is 0 Å². The molecule has 0 aromatic rings. The molecule has 0 spiro atoms. The molecule has 0 aliphatic rings. The quantitative estimate of drug-likeness (QED) is 0.594. The molecule has 0 radical (unpaired) electrons. The van der Waals surface area contributed by atoms with Gasteiger partial charge in [0.15, 0.2) is 0 Å². The Morgan fingerprint density at radius 1 is 1.24 bits per heavy atom. The molecular weight excluding hydrogens is 234 g/mol. The first-order chi connectivity index (χ1) is 8.06. The van der Waals surface area contributed by atoms with E-state index >= 15 is 0 Å². The van der Waals surface area contributed by atoms with Crippen molar-refractivity contribution in [2.45, 2.75) is 52.5 Å². The number of carbonyl (C=O) groups excluding carboxylic acids is 1. The first-order valence-electron chi connectivity index (χ1n) is 6.54. The second kappa shape index (κ2) is 10.9. The zero-order chi connectivity index (χ0) is 13.1. The molecule has 0 aliphatic carbocycles. The number of aliphatic hydroxyl groups excluding tert-OH is 1. The minimum atomic E-state index is 0.116. The lowest BCUT2D eigenvalue weighted by molar-refractivity contribution is -0.119. The summed E-state index contributed by atoms with van der Waals surface area (Å²) in [6.07, 6.45) is 4.23. The summed E-state index contributed by atoms with van der Waals surface area (Å²) in [5.41, 5.74) is 0. The van der Waals surface area contributed by atoms with Crippen LogP contribution >= 0.6 is 11.8 Å². The van der Waals surface area contributed by atoms with Gasteiger partial charge in [-0.2, -0.15) is 11.8 Å². The largest absolute Gasteiger partial charge is 0.396 e. The van der Waals surface area contributed by atoms with Gasteiger partial charge in [0, 0.05) is 12.6 Å². The number of carbonyl (C=O) groups is 1. The Balaban J connectivity index is 3.45. The van der Waals surface area contributed by atoms with Crippen molar-refractivity contribution in [2.24, 2.45) is 5.92 Å². The number of hydrogen-bond donors (Lipinski definition) is 2. The van der Waals surface area contributed by atoms with Gasteiger partial charge in [0.1, 0.15) is 0 Å². The molecule has 3 nitrogen and oxygen atoms in total. The predicted octanol–water partition coefficient (Wildman–Crippen LogP) is 2.43. The zero-order valence-electron chi connectivity index (χ0n) is 11.4. The van der Waals surface area contributed by atoms with Crippen LogP contribution in [0, 0.1) is 5.92 Å². The summed E-state index contributed by atoms with van der Waals surface area (Å²) < 4.78 is 0. The van der Waals surface area contributed by atoms with Gasteiger partial charge < -0.3 is 10.4 Å². The molecule has 0 aliphatic heterocycles. The lowest BCUT2D eigenvalue weighted by Crippen LogP contribution is -2.33. The molecule has 102 valence electrons. The van der Waals surface area contributed by atoms with E-state index in [9.17, 15) is 4.79 Å². The van der Waals surface area contributed by atoms with Crippen LogP contribution in [-0.2, 0) is 4.79 Å². The summed E-state index contributed by atoms with van der Waals surface area (Å²) in [5.74, 6) is 2.22. The number of amides is 1. The lowest BCUT2D eigenvalue weighted by Gasteiger charge is -2.14. The number of hydrogen-bond acceptors (Lipinski definition) is 3. The molecule has 1 amide bonds. The van der Waals surface area contributed by atoms with Crippen LogP contribution in [-0.4, -0.2) is 35.2 Å². The third-order valence-corrected chi connectivity index (χ3v) is 3.55. The predicted molar refractivity (Wildman–Crippen MR) is 75.3 cm³/mol. The van der Waals surface area contributed by atoms with E-state index in [1.807, 2.05) is 0 Å². The number of rotatable bonds is 10. The van der Waals surface area contributed by atoms with Gasteiger partial charge in [0.2, 0.25) is 5.91 Å². The lowest BCUT2D eigenvalue weighted by atomic mass is 10.0. The molecule has 1 unspecified atom stereocenters. The van der Waals surface area contributed by atoms with Gasteiger partial charge in [0.05, 0.1) is 5.75 Å². The summed E-state index contributed by atoms with van der Waals surface area (Å²) in [6, 6.07) is 0.277. The van der Waals surface area contributed by atoms with E-state index in [2.05, 4.69) is 26.1 Å². The molecule has 4 heteroatoms. The molecule has 0 saturated carbocycles. The van der Waals surface area contributed by atoms with E-state index in [0.29, 0.717) is 5.75 Å². The van der Waals surface area contributed by atoms with Crippen molar-refractivity contribution >= 4 is 17.7 Å². The van der Waals surface area contributed by atoms with Gasteiger partial charge in [-0.15, -0.1) is 0 Å². The van der Waals surface area contributed by atoms with Gasteiger partial charge in [-0.1, -0.05) is 26.7 Å². The van der Waals surface area contributed by atoms with Gasteiger partial charge in [-0.3, -0.25) is 4.79 Å². The van der Waals surface area contributed by atoms with Crippen LogP contribution in [0.3, 0.4) is 0 Å². The topological polar surface area (TPSA) is 49.3 Å². The number of nitrogens with one attached hydrogen (secondary N) is 1. The van der Waals surface area contributed by atoms with Crippen molar-refractivity contribution in [3.63, 3.8) is 0 Å². The summed E-state index contributed by atoms with van der Waals surface area (Å²) in [4.78, 5) is 11.5. The van der Waals surface area contributed by atoms with E-state index in [1.165, 1.54) is 12.8 Å². The number of thioether (sulfide) groups is 1. The Morgan fingerprint density at radius 2 is 1.94 bits per heavy atom. The average Bonchev–Trinajstić information content (AvgIpc) is 2.23. The fraction of sp³-hybridized carbons (Fsp3) is 0.923. The van der Waals surface area contributed by atoms with Gasteiger partial charge in [0.25, 0.3) is 0 Å². The zero-order valence-corrected chi connectivity index (χ0v) is 12.2. The average molecular weight is 261 g/mol. The van der Waals surface area contributed by atoms with Crippen LogP contribution in [0.1, 0.15) is 46.5 Å². The number of aliphatic hydroxyl groups is 1. The molecule has 0 heterocycles. The van der Waals surface area contributed by atoms with Crippen LogP contribution in [0.4, 0.5) is 0 Å². The first kappa shape index (κ1) is 16.8. The van der Waals surface area contributed by atoms with Crippen molar-refractivity contribution in [3.05, 3.63) is 0 Å². The van der Waals surface area contributed by atoms with Crippen LogP contribution in [0.25, 0.3) is 0 Å². The Morgan fingerprint density at radius 3 is 2.53 bits per heavy atom. The maximum atomic E-state index is 11.5.